The number of aromatic nitrogens is 4. The molecule has 7 heteroatoms. The van der Waals surface area contributed by atoms with E-state index in [0.717, 1.165) is 16.7 Å². The van der Waals surface area contributed by atoms with Crippen molar-refractivity contribution >= 4 is 22.9 Å². The van der Waals surface area contributed by atoms with Crippen molar-refractivity contribution in [1.82, 2.24) is 19.5 Å². The molecule has 0 spiro atoms. The molecule has 0 radical (unpaired) electrons. The molecule has 0 amide bonds. The molecule has 7 nitrogen and oxygen atoms in total. The summed E-state index contributed by atoms with van der Waals surface area (Å²) in [6.07, 6.45) is 1.79. The highest BCUT2D eigenvalue weighted by Gasteiger charge is 2.14. The summed E-state index contributed by atoms with van der Waals surface area (Å²) in [6, 6.07) is 10.4. The summed E-state index contributed by atoms with van der Waals surface area (Å²) in [5.74, 6) is 1.17. The molecule has 0 unspecified atom stereocenters. The summed E-state index contributed by atoms with van der Waals surface area (Å²) in [7, 11) is 0. The van der Waals surface area contributed by atoms with Crippen molar-refractivity contribution in [3.8, 4) is 0 Å². The second-order valence-electron chi connectivity index (χ2n) is 5.80. The normalized spacial score (nSPS) is 10.5. The minimum atomic E-state index is 0.0254. The van der Waals surface area contributed by atoms with Crippen LogP contribution in [0, 0.1) is 0 Å². The summed E-state index contributed by atoms with van der Waals surface area (Å²) < 4.78 is 2.01. The van der Waals surface area contributed by atoms with Crippen molar-refractivity contribution in [2.45, 2.75) is 40.3 Å². The number of aliphatic hydroxyl groups excluding tert-OH is 1. The molecule has 0 atom stereocenters. The molecular weight excluding hydrogens is 328 g/mol. The van der Waals surface area contributed by atoms with E-state index in [-0.39, 0.29) is 12.6 Å². The molecule has 0 aliphatic rings. The second-order valence-corrected chi connectivity index (χ2v) is 5.80. The number of hydrogen-bond donors (Lipinski definition) is 3. The first kappa shape index (κ1) is 19.7. The molecule has 140 valence electrons. The third-order valence-electron chi connectivity index (χ3n) is 3.68. The minimum absolute atomic E-state index is 0.0254. The third kappa shape index (κ3) is 4.70. The van der Waals surface area contributed by atoms with Gasteiger partial charge in [0.15, 0.2) is 17.0 Å². The summed E-state index contributed by atoms with van der Waals surface area (Å²) in [4.78, 5) is 13.5. The molecule has 2 heterocycles. The van der Waals surface area contributed by atoms with Crippen LogP contribution in [0.1, 0.15) is 39.3 Å². The lowest BCUT2D eigenvalue weighted by Gasteiger charge is -2.11. The highest BCUT2D eigenvalue weighted by Crippen LogP contribution is 2.23. The molecule has 3 N–H and O–H groups in total. The zero-order valence-corrected chi connectivity index (χ0v) is 15.9. The van der Waals surface area contributed by atoms with Crippen LogP contribution in [0.3, 0.4) is 0 Å². The lowest BCUT2D eigenvalue weighted by molar-refractivity contribution is 0.311. The third-order valence-corrected chi connectivity index (χ3v) is 3.68. The predicted molar refractivity (Wildman–Crippen MR) is 106 cm³/mol. The lowest BCUT2D eigenvalue weighted by atomic mass is 10.2. The van der Waals surface area contributed by atoms with Crippen LogP contribution in [0.15, 0.2) is 36.7 Å². The fourth-order valence-corrected chi connectivity index (χ4v) is 2.45. The number of nitrogens with zero attached hydrogens (tertiary/aromatic N) is 4. The quantitative estimate of drug-likeness (QED) is 0.601. The fourth-order valence-electron chi connectivity index (χ4n) is 2.45. The van der Waals surface area contributed by atoms with Crippen molar-refractivity contribution in [2.75, 3.05) is 23.8 Å². The first-order chi connectivity index (χ1) is 12.7. The van der Waals surface area contributed by atoms with E-state index in [2.05, 4.69) is 51.6 Å². The van der Waals surface area contributed by atoms with Crippen molar-refractivity contribution in [3.05, 3.63) is 42.2 Å². The zero-order chi connectivity index (χ0) is 18.9. The number of benzene rings is 1. The Morgan fingerprint density at radius 3 is 2.46 bits per heavy atom. The summed E-state index contributed by atoms with van der Waals surface area (Å²) in [5, 5.41) is 15.4. The van der Waals surface area contributed by atoms with E-state index in [1.807, 2.05) is 36.6 Å². The maximum absolute atomic E-state index is 9.01. The number of anilines is 2. The number of rotatable bonds is 7. The molecule has 0 aliphatic carbocycles. The molecule has 26 heavy (non-hydrogen) atoms. The molecule has 0 saturated carbocycles. The van der Waals surface area contributed by atoms with Crippen molar-refractivity contribution in [2.24, 2.45) is 0 Å². The number of hydrogen-bond acceptors (Lipinski definition) is 6. The van der Waals surface area contributed by atoms with Gasteiger partial charge in [-0.25, -0.2) is 4.98 Å². The summed E-state index contributed by atoms with van der Waals surface area (Å²) in [5.41, 5.74) is 2.68. The maximum atomic E-state index is 9.01. The van der Waals surface area contributed by atoms with Gasteiger partial charge in [-0.1, -0.05) is 44.2 Å². The van der Waals surface area contributed by atoms with Crippen LogP contribution in [0.25, 0.3) is 11.2 Å². The van der Waals surface area contributed by atoms with Gasteiger partial charge in [-0.2, -0.15) is 9.97 Å². The second kappa shape index (κ2) is 9.72. The van der Waals surface area contributed by atoms with Gasteiger partial charge in [0.25, 0.3) is 0 Å². The molecule has 3 aromatic rings. The summed E-state index contributed by atoms with van der Waals surface area (Å²) in [6.45, 7) is 9.25. The van der Waals surface area contributed by atoms with Crippen LogP contribution in [0.4, 0.5) is 11.8 Å². The van der Waals surface area contributed by atoms with Gasteiger partial charge >= 0.3 is 0 Å². The van der Waals surface area contributed by atoms with Gasteiger partial charge in [0.1, 0.15) is 0 Å². The highest BCUT2D eigenvalue weighted by molar-refractivity contribution is 5.84. The maximum Gasteiger partial charge on any atom is 0.226 e. The van der Waals surface area contributed by atoms with Gasteiger partial charge in [0, 0.05) is 19.1 Å². The molecule has 1 aromatic carbocycles. The molecule has 0 saturated heterocycles. The number of aliphatic hydroxyl groups is 1. The molecule has 0 bridgehead atoms. The molecule has 0 fully saturated rings. The topological polar surface area (TPSA) is 87.9 Å². The lowest BCUT2D eigenvalue weighted by Crippen LogP contribution is -2.12. The van der Waals surface area contributed by atoms with E-state index in [4.69, 9.17) is 5.11 Å². The standard InChI is InChI=1S/C17H22N6O.C2H6/c1-12(2)23-11-20-14-15(19-10-13-6-4-3-5-7-13)21-17(18-8-9-24)22-16(14)23;1-2/h3-7,11-12,24H,8-10H2,1-2H3,(H2,18,19,21,22);1-2H3. The first-order valence-corrected chi connectivity index (χ1v) is 9.06. The Morgan fingerprint density at radius 1 is 1.08 bits per heavy atom. The van der Waals surface area contributed by atoms with E-state index in [1.165, 1.54) is 0 Å². The predicted octanol–water partition coefficient (Wildman–Crippen LogP) is 3.45. The molecule has 0 aliphatic heterocycles. The van der Waals surface area contributed by atoms with Crippen LogP contribution in [0.2, 0.25) is 0 Å². The monoisotopic (exact) mass is 356 g/mol. The Hall–Kier alpha value is -2.67. The van der Waals surface area contributed by atoms with Gasteiger partial charge in [0.2, 0.25) is 5.95 Å². The Labute approximate surface area is 154 Å². The number of fused-ring (bicyclic) bond motifs is 1. The van der Waals surface area contributed by atoms with Crippen LogP contribution in [0.5, 0.6) is 0 Å². The average molecular weight is 356 g/mol. The number of nitrogens with one attached hydrogen (secondary N) is 2. The van der Waals surface area contributed by atoms with E-state index in [9.17, 15) is 0 Å². The molecular formula is C19H28N6O. The Balaban J connectivity index is 0.00000117. The van der Waals surface area contributed by atoms with Crippen LogP contribution < -0.4 is 10.6 Å². The van der Waals surface area contributed by atoms with Crippen molar-refractivity contribution in [3.63, 3.8) is 0 Å². The van der Waals surface area contributed by atoms with E-state index in [0.29, 0.717) is 24.9 Å². The largest absolute Gasteiger partial charge is 0.395 e. The van der Waals surface area contributed by atoms with Gasteiger partial charge in [-0.05, 0) is 19.4 Å². The van der Waals surface area contributed by atoms with Crippen LogP contribution in [-0.2, 0) is 6.54 Å². The number of imidazole rings is 1. The Bertz CT molecular complexity index is 800. The van der Waals surface area contributed by atoms with Crippen LogP contribution in [-0.4, -0.2) is 37.8 Å². The SMILES string of the molecule is CC.CC(C)n1cnc2c(NCc3ccccc3)nc(NCCO)nc21. The Morgan fingerprint density at radius 2 is 1.81 bits per heavy atom. The van der Waals surface area contributed by atoms with Crippen LogP contribution >= 0.6 is 0 Å². The van der Waals surface area contributed by atoms with Crippen molar-refractivity contribution < 1.29 is 5.11 Å². The summed E-state index contributed by atoms with van der Waals surface area (Å²) >= 11 is 0. The fraction of sp³-hybridized carbons (Fsp3) is 0.421. The Kier molecular flexibility index (Phi) is 7.35. The van der Waals surface area contributed by atoms with Crippen molar-refractivity contribution in [1.29, 1.82) is 0 Å². The zero-order valence-electron chi connectivity index (χ0n) is 15.9. The van der Waals surface area contributed by atoms with E-state index >= 15 is 0 Å². The van der Waals surface area contributed by atoms with Gasteiger partial charge < -0.3 is 20.3 Å². The van der Waals surface area contributed by atoms with Gasteiger partial charge in [-0.3, -0.25) is 0 Å². The van der Waals surface area contributed by atoms with Gasteiger partial charge in [0.05, 0.1) is 12.9 Å². The highest BCUT2D eigenvalue weighted by atomic mass is 16.3. The van der Waals surface area contributed by atoms with Gasteiger partial charge in [-0.15, -0.1) is 0 Å². The molecule has 2 aromatic heterocycles. The smallest absolute Gasteiger partial charge is 0.226 e. The molecule has 3 rings (SSSR count). The minimum Gasteiger partial charge on any atom is -0.395 e. The van der Waals surface area contributed by atoms with E-state index in [1.54, 1.807) is 6.33 Å². The first-order valence-electron chi connectivity index (χ1n) is 9.06. The van der Waals surface area contributed by atoms with E-state index < -0.39 is 0 Å². The average Bonchev–Trinajstić information content (AvgIpc) is 3.11.